The highest BCUT2D eigenvalue weighted by molar-refractivity contribution is 8.00. The smallest absolute Gasteiger partial charge is 0.411 e. The van der Waals surface area contributed by atoms with E-state index in [0.717, 1.165) is 6.08 Å². The fraction of sp³-hybridized carbons (Fsp3) is 0.733. The Labute approximate surface area is 135 Å². The molecule has 1 aliphatic rings. The van der Waals surface area contributed by atoms with Gasteiger partial charge >= 0.3 is 12.1 Å². The summed E-state index contributed by atoms with van der Waals surface area (Å²) < 4.78 is 9.93. The Morgan fingerprint density at radius 2 is 2.00 bits per heavy atom. The van der Waals surface area contributed by atoms with Crippen LogP contribution in [0.25, 0.3) is 0 Å². The summed E-state index contributed by atoms with van der Waals surface area (Å²) in [5, 5.41) is 10.3. The van der Waals surface area contributed by atoms with Crippen molar-refractivity contribution < 1.29 is 24.2 Å². The molecule has 0 aromatic rings. The first-order chi connectivity index (χ1) is 9.98. The van der Waals surface area contributed by atoms with Crippen LogP contribution in [0.3, 0.4) is 0 Å². The zero-order valence-electron chi connectivity index (χ0n) is 14.0. The number of hydrogen-bond donors (Lipinski definition) is 1. The first-order valence-electron chi connectivity index (χ1n) is 7.08. The van der Waals surface area contributed by atoms with Gasteiger partial charge in [-0.3, -0.25) is 4.90 Å². The molecule has 1 N–H and O–H groups in total. The van der Waals surface area contributed by atoms with E-state index in [1.165, 1.54) is 18.1 Å². The minimum Gasteiger partial charge on any atom is -0.466 e. The van der Waals surface area contributed by atoms with E-state index in [0.29, 0.717) is 5.75 Å². The Hall–Kier alpha value is -1.21. The Morgan fingerprint density at radius 1 is 1.41 bits per heavy atom. The Balaban J connectivity index is 2.91. The molecule has 0 spiro atoms. The minimum atomic E-state index is -0.971. The summed E-state index contributed by atoms with van der Waals surface area (Å²) in [5.41, 5.74) is -0.613. The van der Waals surface area contributed by atoms with E-state index in [9.17, 15) is 14.7 Å². The van der Waals surface area contributed by atoms with Crippen molar-refractivity contribution in [2.45, 2.75) is 57.2 Å². The van der Waals surface area contributed by atoms with E-state index in [-0.39, 0.29) is 0 Å². The SMILES string of the molecule is COC(=O)/C=C/[C@@H](O)[C@@H]1CSC(C)(C)N1C(=O)OC(C)(C)C. The van der Waals surface area contributed by atoms with Gasteiger partial charge in [-0.1, -0.05) is 0 Å². The van der Waals surface area contributed by atoms with Gasteiger partial charge in [-0.05, 0) is 40.7 Å². The average molecular weight is 331 g/mol. The molecule has 0 saturated carbocycles. The van der Waals surface area contributed by atoms with Crippen molar-refractivity contribution in [2.24, 2.45) is 0 Å². The van der Waals surface area contributed by atoms with Crippen LogP contribution in [-0.2, 0) is 14.3 Å². The number of carbonyl (C=O) groups is 2. The summed E-state index contributed by atoms with van der Waals surface area (Å²) in [6.45, 7) is 9.19. The molecule has 1 heterocycles. The predicted octanol–water partition coefficient (Wildman–Crippen LogP) is 2.17. The van der Waals surface area contributed by atoms with Crippen molar-refractivity contribution in [3.05, 3.63) is 12.2 Å². The molecule has 22 heavy (non-hydrogen) atoms. The van der Waals surface area contributed by atoms with Crippen LogP contribution in [0.5, 0.6) is 0 Å². The molecule has 2 atom stereocenters. The predicted molar refractivity (Wildman–Crippen MR) is 85.6 cm³/mol. The topological polar surface area (TPSA) is 76.1 Å². The van der Waals surface area contributed by atoms with Crippen LogP contribution in [0.2, 0.25) is 0 Å². The molecular weight excluding hydrogens is 306 g/mol. The fourth-order valence-corrected chi connectivity index (χ4v) is 3.40. The maximum Gasteiger partial charge on any atom is 0.411 e. The maximum absolute atomic E-state index is 12.4. The Bertz CT molecular complexity index is 455. The van der Waals surface area contributed by atoms with Crippen molar-refractivity contribution in [2.75, 3.05) is 12.9 Å². The molecule has 1 saturated heterocycles. The number of nitrogens with zero attached hydrogens (tertiary/aromatic N) is 1. The number of hydrogen-bond acceptors (Lipinski definition) is 6. The van der Waals surface area contributed by atoms with Gasteiger partial charge in [0.05, 0.1) is 24.1 Å². The van der Waals surface area contributed by atoms with Crippen molar-refractivity contribution in [1.29, 1.82) is 0 Å². The molecule has 0 radical (unpaired) electrons. The Kier molecular flexibility index (Phi) is 5.92. The largest absolute Gasteiger partial charge is 0.466 e. The van der Waals surface area contributed by atoms with Gasteiger partial charge in [-0.25, -0.2) is 9.59 Å². The minimum absolute atomic E-state index is 0.462. The number of esters is 1. The zero-order chi connectivity index (χ0) is 17.1. The molecule has 1 fully saturated rings. The summed E-state index contributed by atoms with van der Waals surface area (Å²) in [6, 6.07) is -0.462. The van der Waals surface area contributed by atoms with Crippen LogP contribution < -0.4 is 0 Å². The average Bonchev–Trinajstić information content (AvgIpc) is 2.69. The number of carbonyl (C=O) groups excluding carboxylic acids is 2. The molecule has 0 aromatic heterocycles. The van der Waals surface area contributed by atoms with Crippen molar-refractivity contribution in [3.8, 4) is 0 Å². The maximum atomic E-state index is 12.4. The van der Waals surface area contributed by atoms with E-state index in [4.69, 9.17) is 4.74 Å². The van der Waals surface area contributed by atoms with Gasteiger partial charge in [0.2, 0.25) is 0 Å². The van der Waals surface area contributed by atoms with Gasteiger partial charge in [0.1, 0.15) is 5.60 Å². The molecule has 1 aliphatic heterocycles. The van der Waals surface area contributed by atoms with E-state index in [2.05, 4.69) is 4.74 Å². The first kappa shape index (κ1) is 18.8. The molecule has 0 aliphatic carbocycles. The molecule has 0 bridgehead atoms. The lowest BCUT2D eigenvalue weighted by molar-refractivity contribution is -0.134. The first-order valence-corrected chi connectivity index (χ1v) is 8.07. The monoisotopic (exact) mass is 331 g/mol. The van der Waals surface area contributed by atoms with Crippen molar-refractivity contribution >= 4 is 23.8 Å². The standard InChI is InChI=1S/C15H25NO5S/c1-14(2,3)21-13(19)16-10(9-22-15(16,4)5)11(17)7-8-12(18)20-6/h7-8,10-11,17H,9H2,1-6H3/b8-7+/t10-,11+/m0/s1. The van der Waals surface area contributed by atoms with Crippen LogP contribution >= 0.6 is 11.8 Å². The summed E-state index contributed by atoms with van der Waals surface area (Å²) in [7, 11) is 1.26. The van der Waals surface area contributed by atoms with Gasteiger partial charge in [-0.15, -0.1) is 11.8 Å². The lowest BCUT2D eigenvalue weighted by Crippen LogP contribution is -2.52. The van der Waals surface area contributed by atoms with Crippen LogP contribution in [0, 0.1) is 0 Å². The molecule has 1 rings (SSSR count). The van der Waals surface area contributed by atoms with Crippen LogP contribution in [0.4, 0.5) is 4.79 Å². The Morgan fingerprint density at radius 3 is 2.50 bits per heavy atom. The van der Waals surface area contributed by atoms with E-state index in [1.807, 2.05) is 13.8 Å². The molecule has 0 aromatic carbocycles. The highest BCUT2D eigenvalue weighted by Crippen LogP contribution is 2.41. The highest BCUT2D eigenvalue weighted by atomic mass is 32.2. The molecule has 6 nitrogen and oxygen atoms in total. The fourth-order valence-electron chi connectivity index (χ4n) is 2.12. The van der Waals surface area contributed by atoms with Gasteiger partial charge in [-0.2, -0.15) is 0 Å². The molecule has 126 valence electrons. The number of ether oxygens (including phenoxy) is 2. The second kappa shape index (κ2) is 6.91. The third kappa shape index (κ3) is 4.91. The molecule has 0 unspecified atom stereocenters. The van der Waals surface area contributed by atoms with Crippen LogP contribution in [0.15, 0.2) is 12.2 Å². The summed E-state index contributed by atoms with van der Waals surface area (Å²) in [4.78, 5) is 24.6. The molecular formula is C15H25NO5S. The van der Waals surface area contributed by atoms with Gasteiger partial charge in [0.15, 0.2) is 0 Å². The lowest BCUT2D eigenvalue weighted by atomic mass is 10.1. The van der Waals surface area contributed by atoms with Gasteiger partial charge in [0.25, 0.3) is 0 Å². The third-order valence-electron chi connectivity index (χ3n) is 3.13. The highest BCUT2D eigenvalue weighted by Gasteiger charge is 2.47. The van der Waals surface area contributed by atoms with Gasteiger partial charge < -0.3 is 14.6 Å². The van der Waals surface area contributed by atoms with Crippen LogP contribution in [0.1, 0.15) is 34.6 Å². The number of aliphatic hydroxyl groups excluding tert-OH is 1. The zero-order valence-corrected chi connectivity index (χ0v) is 14.8. The lowest BCUT2D eigenvalue weighted by Gasteiger charge is -2.37. The summed E-state index contributed by atoms with van der Waals surface area (Å²) >= 11 is 1.55. The molecule has 7 heteroatoms. The van der Waals surface area contributed by atoms with Gasteiger partial charge in [0, 0.05) is 11.8 Å². The van der Waals surface area contributed by atoms with E-state index >= 15 is 0 Å². The number of amides is 1. The number of methoxy groups -OCH3 is 1. The second-order valence-electron chi connectivity index (χ2n) is 6.55. The summed E-state index contributed by atoms with van der Waals surface area (Å²) in [6.07, 6.45) is 1.06. The summed E-state index contributed by atoms with van der Waals surface area (Å²) in [5.74, 6) is 0.00613. The van der Waals surface area contributed by atoms with E-state index in [1.54, 1.807) is 32.5 Å². The third-order valence-corrected chi connectivity index (χ3v) is 4.55. The second-order valence-corrected chi connectivity index (χ2v) is 8.17. The van der Waals surface area contributed by atoms with Crippen molar-refractivity contribution in [1.82, 2.24) is 4.90 Å². The number of thioether (sulfide) groups is 1. The van der Waals surface area contributed by atoms with Crippen LogP contribution in [-0.4, -0.2) is 57.5 Å². The molecule has 1 amide bonds. The quantitative estimate of drug-likeness (QED) is 0.631. The van der Waals surface area contributed by atoms with E-state index < -0.39 is 34.7 Å². The number of aliphatic hydroxyl groups is 1. The normalized spacial score (nSPS) is 22.7. The van der Waals surface area contributed by atoms with Crippen molar-refractivity contribution in [3.63, 3.8) is 0 Å². The number of rotatable bonds is 3.